The van der Waals surface area contributed by atoms with Gasteiger partial charge in [-0.05, 0) is 50.1 Å². The molecule has 0 bridgehead atoms. The van der Waals surface area contributed by atoms with Crippen LogP contribution in [0.25, 0.3) is 0 Å². The van der Waals surface area contributed by atoms with Gasteiger partial charge in [-0.15, -0.1) is 24.7 Å². The van der Waals surface area contributed by atoms with E-state index < -0.39 is 22.4 Å². The fourth-order valence-electron chi connectivity index (χ4n) is 3.18. The molecule has 0 N–H and O–H groups in total. The van der Waals surface area contributed by atoms with E-state index in [1.54, 1.807) is 0 Å². The van der Waals surface area contributed by atoms with Gasteiger partial charge in [-0.3, -0.25) is 0 Å². The summed E-state index contributed by atoms with van der Waals surface area (Å²) in [6.07, 6.45) is 11.2. The van der Waals surface area contributed by atoms with E-state index in [4.69, 9.17) is 31.2 Å². The van der Waals surface area contributed by atoms with Crippen molar-refractivity contribution in [3.63, 3.8) is 0 Å². The van der Waals surface area contributed by atoms with Crippen molar-refractivity contribution in [3.8, 4) is 24.7 Å². The molecule has 1 rings (SSSR count). The Morgan fingerprint density at radius 3 is 1.29 bits per heavy atom. The van der Waals surface area contributed by atoms with E-state index in [9.17, 15) is 0 Å². The molecule has 31 heavy (non-hydrogen) atoms. The van der Waals surface area contributed by atoms with Crippen molar-refractivity contribution in [2.45, 2.75) is 135 Å². The minimum Gasteiger partial charge on any atom is -0.410 e. The minimum atomic E-state index is -2.08. The first-order chi connectivity index (χ1) is 13.8. The normalized spacial score (nSPS) is 24.3. The third kappa shape index (κ3) is 7.19. The van der Waals surface area contributed by atoms with Crippen LogP contribution in [0.1, 0.15) is 68.2 Å². The number of rotatable bonds is 8. The summed E-state index contributed by atoms with van der Waals surface area (Å²) >= 11 is 0. The van der Waals surface area contributed by atoms with Crippen LogP contribution in [0.2, 0.25) is 36.3 Å². The van der Waals surface area contributed by atoms with E-state index in [0.29, 0.717) is 12.8 Å². The summed E-state index contributed by atoms with van der Waals surface area (Å²) in [5, 5.41) is 0.111. The van der Waals surface area contributed by atoms with E-state index >= 15 is 0 Å². The standard InChI is InChI=1S/C25H46O4Si2/c1-15-17-19(28-30(11,12)23(3,4)5)21-22(27-25(9,10)26-21)20(18-16-2)29-31(13,14)24(6,7)8/h1-2,19-22H,17-18H2,3-14H3/t19-,20-,21-,22-/m1/s1. The van der Waals surface area contributed by atoms with Crippen LogP contribution < -0.4 is 0 Å². The summed E-state index contributed by atoms with van der Waals surface area (Å²) in [4.78, 5) is 0. The quantitative estimate of drug-likeness (QED) is 0.309. The highest BCUT2D eigenvalue weighted by Gasteiger charge is 2.52. The van der Waals surface area contributed by atoms with Crippen molar-refractivity contribution in [1.29, 1.82) is 0 Å². The molecule has 0 unspecified atom stereocenters. The van der Waals surface area contributed by atoms with E-state index in [1.165, 1.54) is 0 Å². The van der Waals surface area contributed by atoms with Crippen molar-refractivity contribution in [3.05, 3.63) is 0 Å². The Balaban J connectivity index is 3.34. The topological polar surface area (TPSA) is 36.9 Å². The van der Waals surface area contributed by atoms with Crippen LogP contribution in [0.3, 0.4) is 0 Å². The monoisotopic (exact) mass is 466 g/mol. The van der Waals surface area contributed by atoms with Crippen molar-refractivity contribution in [1.82, 2.24) is 0 Å². The minimum absolute atomic E-state index is 0.0557. The molecule has 4 atom stereocenters. The SMILES string of the molecule is C#CC[C@@H](O[Si](C)(C)C(C)(C)C)[C@H]1OC(C)(C)O[C@@H]1[C@@H](CC#C)O[Si](C)(C)C(C)(C)C. The first-order valence-electron chi connectivity index (χ1n) is 11.4. The van der Waals surface area contributed by atoms with Crippen LogP contribution in [0.5, 0.6) is 0 Å². The number of hydrogen-bond donors (Lipinski definition) is 0. The van der Waals surface area contributed by atoms with Crippen LogP contribution in [-0.4, -0.2) is 46.8 Å². The van der Waals surface area contributed by atoms with Gasteiger partial charge in [-0.1, -0.05) is 41.5 Å². The van der Waals surface area contributed by atoms with Crippen LogP contribution in [0, 0.1) is 24.7 Å². The highest BCUT2D eigenvalue weighted by molar-refractivity contribution is 6.74. The maximum Gasteiger partial charge on any atom is 0.192 e. The van der Waals surface area contributed by atoms with Gasteiger partial charge < -0.3 is 18.3 Å². The lowest BCUT2D eigenvalue weighted by atomic mass is 9.99. The predicted molar refractivity (Wildman–Crippen MR) is 135 cm³/mol. The zero-order chi connectivity index (χ0) is 24.5. The van der Waals surface area contributed by atoms with Crippen LogP contribution in [-0.2, 0) is 18.3 Å². The van der Waals surface area contributed by atoms with E-state index in [0.717, 1.165) is 0 Å². The molecule has 0 aliphatic carbocycles. The number of hydrogen-bond acceptors (Lipinski definition) is 4. The third-order valence-corrected chi connectivity index (χ3v) is 16.0. The van der Waals surface area contributed by atoms with Gasteiger partial charge in [0.15, 0.2) is 22.4 Å². The Bertz CT molecular complexity index is 628. The van der Waals surface area contributed by atoms with Crippen LogP contribution >= 0.6 is 0 Å². The lowest BCUT2D eigenvalue weighted by Crippen LogP contribution is -2.53. The first-order valence-corrected chi connectivity index (χ1v) is 17.2. The van der Waals surface area contributed by atoms with Gasteiger partial charge in [0.2, 0.25) is 0 Å². The first kappa shape index (κ1) is 28.4. The maximum atomic E-state index is 6.77. The van der Waals surface area contributed by atoms with Crippen molar-refractivity contribution in [2.75, 3.05) is 0 Å². The van der Waals surface area contributed by atoms with E-state index in [2.05, 4.69) is 79.6 Å². The molecular weight excluding hydrogens is 420 g/mol. The summed E-state index contributed by atoms with van der Waals surface area (Å²) in [6, 6.07) is 0. The van der Waals surface area contributed by atoms with Crippen molar-refractivity contribution >= 4 is 16.6 Å². The Morgan fingerprint density at radius 2 is 1.06 bits per heavy atom. The van der Waals surface area contributed by atoms with Crippen LogP contribution in [0.4, 0.5) is 0 Å². The molecule has 0 aromatic rings. The lowest BCUT2D eigenvalue weighted by Gasteiger charge is -2.43. The van der Waals surface area contributed by atoms with Gasteiger partial charge in [0.05, 0.1) is 12.2 Å². The average molecular weight is 467 g/mol. The maximum absolute atomic E-state index is 6.77. The second-order valence-corrected chi connectivity index (χ2v) is 21.7. The molecular formula is C25H46O4Si2. The number of terminal acetylenes is 2. The molecule has 0 spiro atoms. The highest BCUT2D eigenvalue weighted by atomic mass is 28.4. The average Bonchev–Trinajstić information content (AvgIpc) is 2.87. The highest BCUT2D eigenvalue weighted by Crippen LogP contribution is 2.43. The van der Waals surface area contributed by atoms with Gasteiger partial charge in [-0.25, -0.2) is 0 Å². The summed E-state index contributed by atoms with van der Waals surface area (Å²) in [7, 11) is -4.16. The Labute approximate surface area is 194 Å². The molecule has 6 heteroatoms. The van der Waals surface area contributed by atoms with Gasteiger partial charge in [-0.2, -0.15) is 0 Å². The molecule has 1 fully saturated rings. The molecule has 4 nitrogen and oxygen atoms in total. The zero-order valence-electron chi connectivity index (χ0n) is 22.0. The van der Waals surface area contributed by atoms with E-state index in [-0.39, 0.29) is 34.5 Å². The van der Waals surface area contributed by atoms with Gasteiger partial charge >= 0.3 is 0 Å². The number of ether oxygens (including phenoxy) is 2. The smallest absolute Gasteiger partial charge is 0.192 e. The third-order valence-electron chi connectivity index (χ3n) is 7.04. The van der Waals surface area contributed by atoms with Gasteiger partial charge in [0.25, 0.3) is 0 Å². The molecule has 0 aromatic heterocycles. The molecule has 1 heterocycles. The molecule has 1 saturated heterocycles. The second kappa shape index (κ2) is 9.71. The molecule has 1 aliphatic rings. The molecule has 0 aromatic carbocycles. The molecule has 0 radical (unpaired) electrons. The Morgan fingerprint density at radius 1 is 0.774 bits per heavy atom. The zero-order valence-corrected chi connectivity index (χ0v) is 24.0. The Kier molecular flexibility index (Phi) is 8.91. The van der Waals surface area contributed by atoms with Gasteiger partial charge in [0.1, 0.15) is 12.2 Å². The summed E-state index contributed by atoms with van der Waals surface area (Å²) in [6.45, 7) is 26.1. The molecule has 1 aliphatic heterocycles. The lowest BCUT2D eigenvalue weighted by molar-refractivity contribution is -0.159. The second-order valence-electron chi connectivity index (χ2n) is 12.2. The summed E-state index contributed by atoms with van der Waals surface area (Å²) in [5.41, 5.74) is 0. The molecule has 0 amide bonds. The Hall–Kier alpha value is -0.606. The van der Waals surface area contributed by atoms with Crippen LogP contribution in [0.15, 0.2) is 0 Å². The fraction of sp³-hybridized carbons (Fsp3) is 0.840. The molecule has 0 saturated carbocycles. The van der Waals surface area contributed by atoms with Gasteiger partial charge in [0, 0.05) is 12.8 Å². The predicted octanol–water partition coefficient (Wildman–Crippen LogP) is 6.33. The summed E-state index contributed by atoms with van der Waals surface area (Å²) < 4.78 is 26.4. The van der Waals surface area contributed by atoms with Crippen molar-refractivity contribution in [2.24, 2.45) is 0 Å². The largest absolute Gasteiger partial charge is 0.410 e. The fourth-order valence-corrected chi connectivity index (χ4v) is 5.84. The molecule has 178 valence electrons. The summed E-state index contributed by atoms with van der Waals surface area (Å²) in [5.74, 6) is 4.84. The van der Waals surface area contributed by atoms with Crippen molar-refractivity contribution < 1.29 is 18.3 Å². The van der Waals surface area contributed by atoms with E-state index in [1.807, 2.05) is 13.8 Å².